The zero-order valence-corrected chi connectivity index (χ0v) is 23.8. The number of nitrogens with zero attached hydrogens (tertiary/aromatic N) is 2. The summed E-state index contributed by atoms with van der Waals surface area (Å²) in [5.41, 5.74) is 1.80. The van der Waals surface area contributed by atoms with Crippen LogP contribution in [0.4, 0.5) is 0 Å². The molecule has 0 N–H and O–H groups in total. The van der Waals surface area contributed by atoms with Crippen molar-refractivity contribution in [1.82, 2.24) is 4.57 Å². The SMILES string of the molecule is CCOC(=O)C1=C(c2ccccc2)N=c2s/c(=C/c3cc(Br)c(Br)o3)c(=O)n2[C@@H]1c1ccc2c(c1)OCO2. The second-order valence-electron chi connectivity index (χ2n) is 8.31. The summed E-state index contributed by atoms with van der Waals surface area (Å²) in [7, 11) is 0. The Morgan fingerprint density at radius 1 is 1.16 bits per heavy atom. The molecular formula is C27H18Br2N2O6S. The smallest absolute Gasteiger partial charge is 0.338 e. The normalized spacial score (nSPS) is 16.4. The summed E-state index contributed by atoms with van der Waals surface area (Å²) in [6.07, 6.45) is 1.66. The number of fused-ring (bicyclic) bond motifs is 2. The fourth-order valence-corrected chi connectivity index (χ4v) is 5.99. The van der Waals surface area contributed by atoms with E-state index in [0.29, 0.717) is 42.5 Å². The van der Waals surface area contributed by atoms with Crippen molar-refractivity contribution >= 4 is 60.9 Å². The van der Waals surface area contributed by atoms with E-state index >= 15 is 0 Å². The molecule has 0 saturated carbocycles. The lowest BCUT2D eigenvalue weighted by atomic mass is 9.93. The Kier molecular flexibility index (Phi) is 6.58. The number of carbonyl (C=O) groups excluding carboxylic acids is 1. The van der Waals surface area contributed by atoms with Crippen LogP contribution < -0.4 is 24.4 Å². The minimum absolute atomic E-state index is 0.103. The van der Waals surface area contributed by atoms with Crippen molar-refractivity contribution in [3.05, 3.63) is 106 Å². The summed E-state index contributed by atoms with van der Waals surface area (Å²) in [5, 5.41) is 0. The maximum atomic E-state index is 13.9. The lowest BCUT2D eigenvalue weighted by Gasteiger charge is -2.26. The Hall–Kier alpha value is -3.41. The van der Waals surface area contributed by atoms with E-state index in [1.54, 1.807) is 31.2 Å². The first kappa shape index (κ1) is 24.9. The minimum Gasteiger partial charge on any atom is -0.463 e. The Bertz CT molecular complexity index is 1770. The highest BCUT2D eigenvalue weighted by molar-refractivity contribution is 9.13. The van der Waals surface area contributed by atoms with Gasteiger partial charge >= 0.3 is 5.97 Å². The number of hydrogen-bond donors (Lipinski definition) is 0. The summed E-state index contributed by atoms with van der Waals surface area (Å²) in [6, 6.07) is 15.7. The van der Waals surface area contributed by atoms with Gasteiger partial charge in [0, 0.05) is 11.6 Å². The topological polar surface area (TPSA) is 92.3 Å². The van der Waals surface area contributed by atoms with E-state index in [-0.39, 0.29) is 24.5 Å². The molecule has 0 spiro atoms. The molecule has 0 bridgehead atoms. The monoisotopic (exact) mass is 656 g/mol. The molecule has 2 aromatic heterocycles. The summed E-state index contributed by atoms with van der Waals surface area (Å²) in [4.78, 5) is 32.7. The molecule has 2 aromatic carbocycles. The number of benzene rings is 2. The Morgan fingerprint density at radius 3 is 2.68 bits per heavy atom. The van der Waals surface area contributed by atoms with E-state index < -0.39 is 12.0 Å². The van der Waals surface area contributed by atoms with E-state index in [9.17, 15) is 9.59 Å². The third-order valence-corrected chi connectivity index (χ3v) is 8.72. The Morgan fingerprint density at radius 2 is 1.95 bits per heavy atom. The van der Waals surface area contributed by atoms with Gasteiger partial charge in [0.25, 0.3) is 5.56 Å². The predicted octanol–water partition coefficient (Wildman–Crippen LogP) is 4.78. The molecule has 0 amide bonds. The van der Waals surface area contributed by atoms with Gasteiger partial charge in [-0.05, 0) is 62.5 Å². The van der Waals surface area contributed by atoms with Gasteiger partial charge in [0.2, 0.25) is 6.79 Å². The van der Waals surface area contributed by atoms with Gasteiger partial charge in [-0.2, -0.15) is 0 Å². The Labute approximate surface area is 236 Å². The molecule has 4 aromatic rings. The van der Waals surface area contributed by atoms with Crippen molar-refractivity contribution in [3.63, 3.8) is 0 Å². The molecule has 2 aliphatic rings. The van der Waals surface area contributed by atoms with E-state index in [0.717, 1.165) is 10.0 Å². The van der Waals surface area contributed by atoms with Crippen LogP contribution in [0, 0.1) is 0 Å². The maximum Gasteiger partial charge on any atom is 0.338 e. The number of furan rings is 1. The van der Waals surface area contributed by atoms with Crippen molar-refractivity contribution in [2.45, 2.75) is 13.0 Å². The van der Waals surface area contributed by atoms with Crippen LogP contribution in [0.1, 0.15) is 29.9 Å². The van der Waals surface area contributed by atoms with Gasteiger partial charge < -0.3 is 18.6 Å². The molecule has 2 aliphatic heterocycles. The van der Waals surface area contributed by atoms with Crippen molar-refractivity contribution < 1.29 is 23.4 Å². The number of aromatic nitrogens is 1. The highest BCUT2D eigenvalue weighted by Crippen LogP contribution is 2.40. The minimum atomic E-state index is -0.813. The van der Waals surface area contributed by atoms with Crippen LogP contribution in [-0.2, 0) is 9.53 Å². The average molecular weight is 658 g/mol. The number of hydrogen-bond acceptors (Lipinski definition) is 8. The summed E-state index contributed by atoms with van der Waals surface area (Å²) in [6.45, 7) is 2.02. The van der Waals surface area contributed by atoms with Crippen LogP contribution in [0.5, 0.6) is 11.5 Å². The van der Waals surface area contributed by atoms with Crippen molar-refractivity contribution in [3.8, 4) is 11.5 Å². The highest BCUT2D eigenvalue weighted by atomic mass is 79.9. The largest absolute Gasteiger partial charge is 0.463 e. The number of halogens is 2. The van der Waals surface area contributed by atoms with Crippen molar-refractivity contribution in [2.75, 3.05) is 13.4 Å². The number of esters is 1. The highest BCUT2D eigenvalue weighted by Gasteiger charge is 2.36. The van der Waals surface area contributed by atoms with Crippen LogP contribution in [0.3, 0.4) is 0 Å². The van der Waals surface area contributed by atoms with Crippen LogP contribution in [0.2, 0.25) is 0 Å². The van der Waals surface area contributed by atoms with Gasteiger partial charge in [0.15, 0.2) is 21.0 Å². The van der Waals surface area contributed by atoms with Crippen molar-refractivity contribution in [2.24, 2.45) is 4.99 Å². The van der Waals surface area contributed by atoms with Gasteiger partial charge in [-0.3, -0.25) is 9.36 Å². The lowest BCUT2D eigenvalue weighted by molar-refractivity contribution is -0.138. The third kappa shape index (κ3) is 4.34. The fourth-order valence-electron chi connectivity index (χ4n) is 4.40. The number of thiazole rings is 1. The molecule has 0 saturated heterocycles. The standard InChI is InChI=1S/C27H18Br2N2O6S/c1-2-34-26(33)21-22(14-6-4-3-5-7-14)30-27-31(23(21)15-8-9-18-19(10-15)36-13-35-18)25(32)20(38-27)12-16-11-17(28)24(29)37-16/h3-12,23H,2,13H2,1H3/b20-12+/t23-/m1/s1. The van der Waals surface area contributed by atoms with E-state index in [1.807, 2.05) is 36.4 Å². The van der Waals surface area contributed by atoms with Crippen LogP contribution >= 0.6 is 43.2 Å². The van der Waals surface area contributed by atoms with Crippen LogP contribution in [0.25, 0.3) is 11.8 Å². The molecule has 0 radical (unpaired) electrons. The summed E-state index contributed by atoms with van der Waals surface area (Å²) in [5.74, 6) is 1.07. The molecular weight excluding hydrogens is 640 g/mol. The quantitative estimate of drug-likeness (QED) is 0.287. The fraction of sp³-hybridized carbons (Fsp3) is 0.148. The van der Waals surface area contributed by atoms with E-state index in [2.05, 4.69) is 31.9 Å². The Balaban J connectivity index is 1.65. The molecule has 1 atom stereocenters. The van der Waals surface area contributed by atoms with Crippen LogP contribution in [0.15, 0.2) is 83.5 Å². The van der Waals surface area contributed by atoms with E-state index in [1.165, 1.54) is 15.9 Å². The summed E-state index contributed by atoms with van der Waals surface area (Å²) < 4.78 is 25.4. The molecule has 0 fully saturated rings. The van der Waals surface area contributed by atoms with E-state index in [4.69, 9.17) is 23.6 Å². The third-order valence-electron chi connectivity index (χ3n) is 6.02. The molecule has 0 unspecified atom stereocenters. The second kappa shape index (κ2) is 10.0. The number of ether oxygens (including phenoxy) is 3. The molecule has 0 aliphatic carbocycles. The zero-order chi connectivity index (χ0) is 26.4. The molecule has 38 heavy (non-hydrogen) atoms. The molecule has 192 valence electrons. The molecule has 6 rings (SSSR count). The van der Waals surface area contributed by atoms with Gasteiger partial charge in [-0.25, -0.2) is 9.79 Å². The lowest BCUT2D eigenvalue weighted by Crippen LogP contribution is -2.40. The first-order valence-corrected chi connectivity index (χ1v) is 14.0. The zero-order valence-electron chi connectivity index (χ0n) is 19.8. The molecule has 4 heterocycles. The van der Waals surface area contributed by atoms with Gasteiger partial charge in [0.1, 0.15) is 5.76 Å². The van der Waals surface area contributed by atoms with Crippen molar-refractivity contribution in [1.29, 1.82) is 0 Å². The van der Waals surface area contributed by atoms with Gasteiger partial charge in [-0.15, -0.1) is 0 Å². The van der Waals surface area contributed by atoms with Crippen LogP contribution in [-0.4, -0.2) is 23.9 Å². The summed E-state index contributed by atoms with van der Waals surface area (Å²) >= 11 is 7.95. The second-order valence-corrected chi connectivity index (χ2v) is 10.9. The molecule has 8 nitrogen and oxygen atoms in total. The number of carbonyl (C=O) groups is 1. The average Bonchev–Trinajstić information content (AvgIpc) is 3.60. The number of rotatable bonds is 5. The van der Waals surface area contributed by atoms with Gasteiger partial charge in [-0.1, -0.05) is 47.7 Å². The molecule has 11 heteroatoms. The maximum absolute atomic E-state index is 13.9. The van der Waals surface area contributed by atoms with Gasteiger partial charge in [0.05, 0.1) is 32.9 Å². The first-order valence-electron chi connectivity index (χ1n) is 11.6. The first-order chi connectivity index (χ1) is 18.4. The predicted molar refractivity (Wildman–Crippen MR) is 148 cm³/mol.